The number of thioether (sulfide) groups is 1. The van der Waals surface area contributed by atoms with Crippen LogP contribution in [0.2, 0.25) is 0 Å². The summed E-state index contributed by atoms with van der Waals surface area (Å²) < 4.78 is 14.6. The minimum Gasteiger partial charge on any atom is -0.353 e. The molecule has 23 heavy (non-hydrogen) atoms. The molecular formula is C15H18FN5OS. The number of nitrogens with zero attached hydrogens (tertiary/aromatic N) is 3. The van der Waals surface area contributed by atoms with Gasteiger partial charge in [0.2, 0.25) is 11.1 Å². The van der Waals surface area contributed by atoms with Gasteiger partial charge < -0.3 is 11.2 Å². The van der Waals surface area contributed by atoms with E-state index in [0.29, 0.717) is 22.6 Å². The van der Waals surface area contributed by atoms with E-state index in [9.17, 15) is 9.18 Å². The first-order chi connectivity index (χ1) is 11.1. The van der Waals surface area contributed by atoms with Crippen LogP contribution in [-0.4, -0.2) is 32.6 Å². The second kappa shape index (κ2) is 6.99. The molecule has 1 heterocycles. The van der Waals surface area contributed by atoms with Gasteiger partial charge in [0.05, 0.1) is 5.75 Å². The Labute approximate surface area is 137 Å². The van der Waals surface area contributed by atoms with Crippen LogP contribution >= 0.6 is 11.8 Å². The molecular weight excluding hydrogens is 317 g/mol. The Morgan fingerprint density at radius 1 is 1.39 bits per heavy atom. The van der Waals surface area contributed by atoms with Crippen LogP contribution in [0.1, 0.15) is 25.7 Å². The van der Waals surface area contributed by atoms with Gasteiger partial charge in [0, 0.05) is 11.6 Å². The van der Waals surface area contributed by atoms with Crippen LogP contribution in [0.4, 0.5) is 4.39 Å². The second-order valence-corrected chi connectivity index (χ2v) is 6.47. The quantitative estimate of drug-likeness (QED) is 0.644. The fourth-order valence-corrected chi connectivity index (χ4v) is 3.34. The molecule has 6 nitrogen and oxygen atoms in total. The lowest BCUT2D eigenvalue weighted by molar-refractivity contribution is -0.119. The highest BCUT2D eigenvalue weighted by Crippen LogP contribution is 2.22. The lowest BCUT2D eigenvalue weighted by atomic mass is 10.2. The fourth-order valence-electron chi connectivity index (χ4n) is 2.67. The number of nitrogen functional groups attached to an aromatic ring is 1. The summed E-state index contributed by atoms with van der Waals surface area (Å²) in [6.45, 7) is 0. The number of hydrogen-bond acceptors (Lipinski definition) is 5. The van der Waals surface area contributed by atoms with Crippen molar-refractivity contribution in [3.05, 3.63) is 30.1 Å². The number of aromatic nitrogens is 3. The summed E-state index contributed by atoms with van der Waals surface area (Å²) in [5.74, 6) is 6.15. The maximum Gasteiger partial charge on any atom is 0.230 e. The zero-order chi connectivity index (χ0) is 16.2. The Balaban J connectivity index is 1.62. The number of carbonyl (C=O) groups excluding carboxylic acids is 1. The Bertz CT molecular complexity index is 699. The third-order valence-corrected chi connectivity index (χ3v) is 4.74. The monoisotopic (exact) mass is 335 g/mol. The molecule has 0 unspecified atom stereocenters. The lowest BCUT2D eigenvalue weighted by Gasteiger charge is -2.11. The van der Waals surface area contributed by atoms with Crippen molar-refractivity contribution >= 4 is 17.7 Å². The fraction of sp³-hybridized carbons (Fsp3) is 0.400. The molecule has 0 atom stereocenters. The number of amides is 1. The van der Waals surface area contributed by atoms with Gasteiger partial charge in [-0.05, 0) is 25.0 Å². The van der Waals surface area contributed by atoms with E-state index in [1.165, 1.54) is 41.4 Å². The van der Waals surface area contributed by atoms with Crippen LogP contribution in [0.15, 0.2) is 29.4 Å². The second-order valence-electron chi connectivity index (χ2n) is 5.52. The van der Waals surface area contributed by atoms with Gasteiger partial charge in [-0.2, -0.15) is 0 Å². The maximum absolute atomic E-state index is 13.3. The van der Waals surface area contributed by atoms with E-state index in [1.807, 2.05) is 0 Å². The topological polar surface area (TPSA) is 85.8 Å². The number of rotatable bonds is 5. The van der Waals surface area contributed by atoms with Gasteiger partial charge in [-0.1, -0.05) is 36.7 Å². The first-order valence-corrected chi connectivity index (χ1v) is 8.50. The predicted molar refractivity (Wildman–Crippen MR) is 86.7 cm³/mol. The van der Waals surface area contributed by atoms with Crippen molar-refractivity contribution in [2.45, 2.75) is 36.9 Å². The highest BCUT2D eigenvalue weighted by Gasteiger charge is 2.18. The lowest BCUT2D eigenvalue weighted by Crippen LogP contribution is -2.34. The molecule has 1 aliphatic carbocycles. The number of nitrogens with one attached hydrogen (secondary N) is 1. The summed E-state index contributed by atoms with van der Waals surface area (Å²) in [6, 6.07) is 6.28. The van der Waals surface area contributed by atoms with E-state index in [0.717, 1.165) is 12.8 Å². The smallest absolute Gasteiger partial charge is 0.230 e. The summed E-state index contributed by atoms with van der Waals surface area (Å²) in [4.78, 5) is 11.9. The zero-order valence-corrected chi connectivity index (χ0v) is 13.4. The molecule has 1 aliphatic rings. The van der Waals surface area contributed by atoms with Crippen molar-refractivity contribution < 1.29 is 9.18 Å². The molecule has 8 heteroatoms. The Morgan fingerprint density at radius 3 is 2.91 bits per heavy atom. The molecule has 1 amide bonds. The highest BCUT2D eigenvalue weighted by molar-refractivity contribution is 7.99. The van der Waals surface area contributed by atoms with Crippen molar-refractivity contribution in [1.29, 1.82) is 0 Å². The maximum atomic E-state index is 13.3. The molecule has 122 valence electrons. The molecule has 1 saturated carbocycles. The molecule has 0 saturated heterocycles. The van der Waals surface area contributed by atoms with Gasteiger partial charge >= 0.3 is 0 Å². The summed E-state index contributed by atoms with van der Waals surface area (Å²) in [5, 5.41) is 11.4. The van der Waals surface area contributed by atoms with E-state index in [-0.39, 0.29) is 17.5 Å². The Hall–Kier alpha value is -2.09. The van der Waals surface area contributed by atoms with Crippen LogP contribution in [0.25, 0.3) is 11.4 Å². The van der Waals surface area contributed by atoms with Gasteiger partial charge in [0.25, 0.3) is 0 Å². The number of carbonyl (C=O) groups is 1. The van der Waals surface area contributed by atoms with E-state index in [1.54, 1.807) is 12.1 Å². The molecule has 0 aliphatic heterocycles. The SMILES string of the molecule is Nn1c(SCC(=O)NC2CCCC2)nnc1-c1cccc(F)c1. The minimum absolute atomic E-state index is 0.0304. The molecule has 1 aromatic carbocycles. The van der Waals surface area contributed by atoms with E-state index in [2.05, 4.69) is 15.5 Å². The Morgan fingerprint density at radius 2 is 2.17 bits per heavy atom. The van der Waals surface area contributed by atoms with E-state index < -0.39 is 0 Å². The molecule has 0 bridgehead atoms. The van der Waals surface area contributed by atoms with Crippen LogP contribution < -0.4 is 11.2 Å². The van der Waals surface area contributed by atoms with Crippen molar-refractivity contribution in [3.63, 3.8) is 0 Å². The van der Waals surface area contributed by atoms with Gasteiger partial charge in [0.15, 0.2) is 5.82 Å². The van der Waals surface area contributed by atoms with E-state index in [4.69, 9.17) is 5.84 Å². The van der Waals surface area contributed by atoms with Gasteiger partial charge in [-0.3, -0.25) is 4.79 Å². The van der Waals surface area contributed by atoms with Crippen molar-refractivity contribution in [1.82, 2.24) is 20.2 Å². The molecule has 1 aromatic heterocycles. The normalized spacial score (nSPS) is 15.0. The van der Waals surface area contributed by atoms with Crippen molar-refractivity contribution in [2.75, 3.05) is 11.6 Å². The average molecular weight is 335 g/mol. The molecule has 0 radical (unpaired) electrons. The number of nitrogens with two attached hydrogens (primary N) is 1. The summed E-state index contributed by atoms with van der Waals surface area (Å²) >= 11 is 1.22. The third-order valence-electron chi connectivity index (χ3n) is 3.80. The number of hydrogen-bond donors (Lipinski definition) is 2. The average Bonchev–Trinajstić information content (AvgIpc) is 3.15. The zero-order valence-electron chi connectivity index (χ0n) is 12.5. The summed E-state index contributed by atoms with van der Waals surface area (Å²) in [6.07, 6.45) is 4.44. The van der Waals surface area contributed by atoms with Gasteiger partial charge in [0.1, 0.15) is 5.82 Å². The molecule has 2 aromatic rings. The first kappa shape index (κ1) is 15.8. The standard InChI is InChI=1S/C15H18FN5OS/c16-11-5-3-4-10(8-11)14-19-20-15(21(14)17)23-9-13(22)18-12-6-1-2-7-12/h3-5,8,12H,1-2,6-7,9,17H2,(H,18,22). The minimum atomic E-state index is -0.365. The summed E-state index contributed by atoms with van der Waals surface area (Å²) in [7, 11) is 0. The predicted octanol–water partition coefficient (Wildman–Crippen LogP) is 1.95. The molecule has 1 fully saturated rings. The highest BCUT2D eigenvalue weighted by atomic mass is 32.2. The molecule has 3 rings (SSSR count). The number of halogens is 1. The van der Waals surface area contributed by atoms with Crippen LogP contribution in [-0.2, 0) is 4.79 Å². The largest absolute Gasteiger partial charge is 0.353 e. The van der Waals surface area contributed by atoms with Gasteiger partial charge in [-0.15, -0.1) is 10.2 Å². The summed E-state index contributed by atoms with van der Waals surface area (Å²) in [5.41, 5.74) is 0.544. The van der Waals surface area contributed by atoms with Crippen molar-refractivity contribution in [2.24, 2.45) is 0 Å². The van der Waals surface area contributed by atoms with Crippen LogP contribution in [0.5, 0.6) is 0 Å². The van der Waals surface area contributed by atoms with Crippen molar-refractivity contribution in [3.8, 4) is 11.4 Å². The van der Waals surface area contributed by atoms with Crippen LogP contribution in [0.3, 0.4) is 0 Å². The first-order valence-electron chi connectivity index (χ1n) is 7.52. The number of benzene rings is 1. The molecule has 0 spiro atoms. The van der Waals surface area contributed by atoms with Gasteiger partial charge in [-0.25, -0.2) is 9.07 Å². The third kappa shape index (κ3) is 3.82. The molecule has 3 N–H and O–H groups in total. The Kier molecular flexibility index (Phi) is 4.80. The van der Waals surface area contributed by atoms with E-state index >= 15 is 0 Å². The van der Waals surface area contributed by atoms with Crippen LogP contribution in [0, 0.1) is 5.82 Å².